The molecule has 0 unspecified atom stereocenters. The number of fused-ring (bicyclic) bond motifs is 3. The number of thiophene rings is 1. The molecule has 19 heteroatoms. The number of hydrogen-bond donors (Lipinski definition) is 12. The Labute approximate surface area is 367 Å². The highest BCUT2D eigenvalue weighted by molar-refractivity contribution is 7.27. The average molecular weight is 865 g/mol. The van der Waals surface area contributed by atoms with Gasteiger partial charge in [0.25, 0.3) is 0 Å². The van der Waals surface area contributed by atoms with Crippen LogP contribution in [-0.4, -0.2) is 99.8 Å². The van der Waals surface area contributed by atoms with Crippen molar-refractivity contribution in [2.24, 2.45) is 0 Å². The van der Waals surface area contributed by atoms with E-state index in [1.165, 1.54) is 0 Å². The standard InChI is InChI=1S/C45H26B3N3O12S/c46-26-19(21-30(53)27(47)20(32(55)33(21)56)22-34(57)37(60)35(58)23-24-36(59)38(61)39(62)40(63)42(24)64-41(22)23)29(52)28(48)31(54)25(26)45-50-43(17-9-5-2-6-10-17)49-44(51-45)18-13-11-16(12-14-18)15-7-3-1-4-8-15/h1-14,52-63H. The van der Waals surface area contributed by atoms with E-state index >= 15 is 0 Å². The summed E-state index contributed by atoms with van der Waals surface area (Å²) in [5, 5.41) is 132. The Balaban J connectivity index is 1.27. The summed E-state index contributed by atoms with van der Waals surface area (Å²) in [5.41, 5.74) is -2.73. The van der Waals surface area contributed by atoms with Crippen molar-refractivity contribution in [1.82, 2.24) is 15.0 Å². The van der Waals surface area contributed by atoms with Gasteiger partial charge in [-0.2, -0.15) is 0 Å². The molecule has 308 valence electrons. The molecule has 0 amide bonds. The Bertz CT molecular complexity index is 3420. The summed E-state index contributed by atoms with van der Waals surface area (Å²) in [6.45, 7) is 0. The first kappa shape index (κ1) is 40.9. The van der Waals surface area contributed by atoms with Gasteiger partial charge in [0, 0.05) is 27.8 Å². The fourth-order valence-electron chi connectivity index (χ4n) is 7.60. The summed E-state index contributed by atoms with van der Waals surface area (Å²) in [6.07, 6.45) is 0. The van der Waals surface area contributed by atoms with Gasteiger partial charge in [-0.1, -0.05) is 90.4 Å². The number of benzene rings is 7. The second-order valence-corrected chi connectivity index (χ2v) is 15.4. The Kier molecular flexibility index (Phi) is 9.52. The highest BCUT2D eigenvalue weighted by atomic mass is 32.1. The van der Waals surface area contributed by atoms with E-state index in [9.17, 15) is 61.3 Å². The molecule has 0 spiro atoms. The van der Waals surface area contributed by atoms with Crippen LogP contribution in [0, 0.1) is 0 Å². The van der Waals surface area contributed by atoms with Crippen LogP contribution in [-0.2, 0) is 0 Å². The Hall–Kier alpha value is -8.44. The molecule has 12 N–H and O–H groups in total. The number of phenolic OH excluding ortho intramolecular Hbond substituents is 12. The molecule has 9 rings (SSSR count). The van der Waals surface area contributed by atoms with Crippen molar-refractivity contribution in [3.8, 4) is 137 Å². The molecule has 0 aliphatic heterocycles. The Morgan fingerprint density at radius 2 is 0.688 bits per heavy atom. The minimum absolute atomic E-state index is 0.115. The number of nitrogens with zero attached hydrogens (tertiary/aromatic N) is 3. The number of phenols is 12. The molecule has 2 aromatic heterocycles. The van der Waals surface area contributed by atoms with Crippen LogP contribution in [0.5, 0.6) is 69.0 Å². The molecule has 0 aliphatic carbocycles. The molecular weight excluding hydrogens is 839 g/mol. The fourth-order valence-corrected chi connectivity index (χ4v) is 8.90. The number of aromatic hydroxyl groups is 12. The summed E-state index contributed by atoms with van der Waals surface area (Å²) >= 11 is 0.455. The van der Waals surface area contributed by atoms with E-state index < -0.39 is 129 Å². The first-order valence-electron chi connectivity index (χ1n) is 18.7. The first-order valence-corrected chi connectivity index (χ1v) is 19.5. The minimum atomic E-state index is -1.27. The van der Waals surface area contributed by atoms with Gasteiger partial charge in [-0.25, -0.2) is 15.0 Å². The van der Waals surface area contributed by atoms with Crippen LogP contribution in [0.4, 0.5) is 0 Å². The van der Waals surface area contributed by atoms with Crippen LogP contribution >= 0.6 is 11.3 Å². The van der Waals surface area contributed by atoms with Crippen LogP contribution in [0.15, 0.2) is 84.9 Å². The molecule has 0 saturated heterocycles. The topological polar surface area (TPSA) is 281 Å². The maximum atomic E-state index is 11.8. The van der Waals surface area contributed by atoms with Crippen LogP contribution in [0.25, 0.3) is 87.7 Å². The maximum Gasteiger partial charge on any atom is 0.205 e. The van der Waals surface area contributed by atoms with Gasteiger partial charge in [-0.05, 0) is 22.1 Å². The van der Waals surface area contributed by atoms with Crippen LogP contribution in [0.1, 0.15) is 0 Å². The predicted molar refractivity (Wildman–Crippen MR) is 241 cm³/mol. The van der Waals surface area contributed by atoms with Crippen LogP contribution in [0.3, 0.4) is 0 Å². The molecule has 15 nitrogen and oxygen atoms in total. The molecule has 0 fully saturated rings. The molecular formula is C45H26B3N3O12S. The first-order chi connectivity index (χ1) is 30.5. The van der Waals surface area contributed by atoms with E-state index in [0.29, 0.717) is 22.5 Å². The highest BCUT2D eigenvalue weighted by Gasteiger charge is 2.35. The van der Waals surface area contributed by atoms with Crippen molar-refractivity contribution in [1.29, 1.82) is 0 Å². The Morgan fingerprint density at radius 3 is 1.28 bits per heavy atom. The largest absolute Gasteiger partial charge is 0.508 e. The van der Waals surface area contributed by atoms with Crippen LogP contribution in [0.2, 0.25) is 0 Å². The fraction of sp³-hybridized carbons (Fsp3) is 0. The van der Waals surface area contributed by atoms with Crippen molar-refractivity contribution < 1.29 is 61.3 Å². The van der Waals surface area contributed by atoms with E-state index in [2.05, 4.69) is 15.0 Å². The van der Waals surface area contributed by atoms with Crippen molar-refractivity contribution in [3.63, 3.8) is 0 Å². The maximum absolute atomic E-state index is 11.8. The third kappa shape index (κ3) is 5.96. The molecule has 9 aromatic rings. The number of aromatic nitrogens is 3. The van der Waals surface area contributed by atoms with Gasteiger partial charge in [0.15, 0.2) is 52.0 Å². The molecule has 7 aromatic carbocycles. The third-order valence-corrected chi connectivity index (χ3v) is 12.0. The zero-order chi connectivity index (χ0) is 45.6. The van der Waals surface area contributed by atoms with Crippen molar-refractivity contribution in [2.75, 3.05) is 0 Å². The molecule has 0 atom stereocenters. The van der Waals surface area contributed by atoms with Gasteiger partial charge in [0.2, 0.25) is 17.2 Å². The summed E-state index contributed by atoms with van der Waals surface area (Å²) in [6, 6.07) is 25.6. The lowest BCUT2D eigenvalue weighted by molar-refractivity contribution is 0.351. The van der Waals surface area contributed by atoms with Gasteiger partial charge in [0.1, 0.15) is 40.8 Å². The summed E-state index contributed by atoms with van der Waals surface area (Å²) in [5.74, 6) is -13.4. The lowest BCUT2D eigenvalue weighted by Gasteiger charge is -2.23. The van der Waals surface area contributed by atoms with E-state index in [-0.39, 0.29) is 22.2 Å². The van der Waals surface area contributed by atoms with Crippen molar-refractivity contribution >= 4 is 71.4 Å². The summed E-state index contributed by atoms with van der Waals surface area (Å²) < 4.78 is -0.765. The van der Waals surface area contributed by atoms with E-state index in [0.717, 1.165) is 11.1 Å². The SMILES string of the molecule is [B]c1c(O)c(-c2nc(-c3ccccc3)nc(-c3ccc(-c4ccccc4)cc3)n2)c([B])c(-c2c(O)c([B])c(-c3c(O)c(O)c(O)c4c3sc3c(O)c(O)c(O)c(O)c34)c(O)c2O)c1O. The quantitative estimate of drug-likeness (QED) is 0.0589. The number of hydrogen-bond acceptors (Lipinski definition) is 16. The molecule has 6 radical (unpaired) electrons. The average Bonchev–Trinajstić information content (AvgIpc) is 3.71. The van der Waals surface area contributed by atoms with Gasteiger partial charge in [0.05, 0.1) is 31.3 Å². The summed E-state index contributed by atoms with van der Waals surface area (Å²) in [4.78, 5) is 13.9. The molecule has 0 aliphatic rings. The third-order valence-electron chi connectivity index (χ3n) is 10.8. The highest BCUT2D eigenvalue weighted by Crippen LogP contribution is 2.62. The second-order valence-electron chi connectivity index (χ2n) is 14.4. The minimum Gasteiger partial charge on any atom is -0.508 e. The lowest BCUT2D eigenvalue weighted by Crippen LogP contribution is -2.21. The summed E-state index contributed by atoms with van der Waals surface area (Å²) in [7, 11) is 19.4. The second kappa shape index (κ2) is 14.9. The predicted octanol–water partition coefficient (Wildman–Crippen LogP) is 5.09. The molecule has 0 saturated carbocycles. The zero-order valence-electron chi connectivity index (χ0n) is 32.4. The van der Waals surface area contributed by atoms with E-state index in [4.69, 9.17) is 23.5 Å². The Morgan fingerprint density at radius 1 is 0.297 bits per heavy atom. The van der Waals surface area contributed by atoms with Crippen molar-refractivity contribution in [2.45, 2.75) is 0 Å². The number of rotatable bonds is 6. The lowest BCUT2D eigenvalue weighted by atomic mass is 9.74. The van der Waals surface area contributed by atoms with Gasteiger partial charge < -0.3 is 61.3 Å². The molecule has 64 heavy (non-hydrogen) atoms. The van der Waals surface area contributed by atoms with Gasteiger partial charge in [-0.15, -0.1) is 11.3 Å². The molecule has 2 heterocycles. The normalized spacial score (nSPS) is 11.4. The molecule has 0 bridgehead atoms. The smallest absolute Gasteiger partial charge is 0.205 e. The monoisotopic (exact) mass is 865 g/mol. The van der Waals surface area contributed by atoms with Gasteiger partial charge >= 0.3 is 0 Å². The van der Waals surface area contributed by atoms with Crippen molar-refractivity contribution in [3.05, 3.63) is 84.9 Å². The van der Waals surface area contributed by atoms with E-state index in [1.807, 2.05) is 42.5 Å². The van der Waals surface area contributed by atoms with E-state index in [1.54, 1.807) is 42.5 Å². The van der Waals surface area contributed by atoms with Crippen LogP contribution < -0.4 is 16.4 Å². The van der Waals surface area contributed by atoms with Gasteiger partial charge in [-0.3, -0.25) is 0 Å². The zero-order valence-corrected chi connectivity index (χ0v) is 33.2.